The van der Waals surface area contributed by atoms with Crippen LogP contribution in [0, 0.1) is 11.8 Å². The van der Waals surface area contributed by atoms with E-state index in [1.807, 2.05) is 0 Å². The van der Waals surface area contributed by atoms with Gasteiger partial charge in [0.25, 0.3) is 0 Å². The average Bonchev–Trinajstić information content (AvgIpc) is 2.32. The van der Waals surface area contributed by atoms with E-state index in [-0.39, 0.29) is 12.8 Å². The number of methoxy groups -OCH3 is 2. The molecule has 0 saturated heterocycles. The fourth-order valence-corrected chi connectivity index (χ4v) is 1.26. The summed E-state index contributed by atoms with van der Waals surface area (Å²) >= 11 is 0. The van der Waals surface area contributed by atoms with Crippen molar-refractivity contribution in [2.24, 2.45) is 11.8 Å². The molecule has 0 aliphatic heterocycles. The summed E-state index contributed by atoms with van der Waals surface area (Å²) < 4.78 is 8.84. The van der Waals surface area contributed by atoms with E-state index in [0.717, 1.165) is 7.11 Å². The van der Waals surface area contributed by atoms with Crippen LogP contribution < -0.4 is 0 Å². The van der Waals surface area contributed by atoms with Gasteiger partial charge in [0.15, 0.2) is 0 Å². The first-order valence-corrected chi connectivity index (χ1v) is 4.64. The number of hydrogen-bond acceptors (Lipinski definition) is 6. The Morgan fingerprint density at radius 2 is 1.81 bits per heavy atom. The molecule has 16 heavy (non-hydrogen) atoms. The average molecular weight is 230 g/mol. The Hall–Kier alpha value is -1.72. The van der Waals surface area contributed by atoms with Crippen molar-refractivity contribution in [2.75, 3.05) is 14.2 Å². The lowest BCUT2D eigenvalue weighted by atomic mass is 9.88. The van der Waals surface area contributed by atoms with E-state index in [1.165, 1.54) is 7.11 Å². The fourth-order valence-electron chi connectivity index (χ4n) is 1.26. The predicted molar refractivity (Wildman–Crippen MR) is 52.4 cm³/mol. The molecule has 2 unspecified atom stereocenters. The van der Waals surface area contributed by atoms with Gasteiger partial charge in [-0.25, -0.2) is 0 Å². The van der Waals surface area contributed by atoms with E-state index in [4.69, 9.17) is 0 Å². The lowest BCUT2D eigenvalue weighted by Gasteiger charge is -2.17. The minimum absolute atomic E-state index is 0.160. The zero-order valence-electron chi connectivity index (χ0n) is 9.17. The highest BCUT2D eigenvalue weighted by atomic mass is 16.5. The van der Waals surface area contributed by atoms with Crippen molar-refractivity contribution in [1.82, 2.24) is 0 Å². The van der Waals surface area contributed by atoms with Crippen molar-refractivity contribution >= 4 is 24.5 Å². The smallest absolute Gasteiger partial charge is 0.309 e. The Morgan fingerprint density at radius 1 is 1.19 bits per heavy atom. The molecule has 0 aromatic carbocycles. The highest BCUT2D eigenvalue weighted by molar-refractivity contribution is 5.82. The molecule has 2 atom stereocenters. The van der Waals surface area contributed by atoms with Crippen LogP contribution in [0.25, 0.3) is 0 Å². The Morgan fingerprint density at radius 3 is 2.19 bits per heavy atom. The Kier molecular flexibility index (Phi) is 6.74. The quantitative estimate of drug-likeness (QED) is 0.442. The summed E-state index contributed by atoms with van der Waals surface area (Å²) in [7, 11) is 2.33. The normalized spacial score (nSPS) is 13.4. The van der Waals surface area contributed by atoms with E-state index < -0.39 is 23.8 Å². The number of ether oxygens (including phenoxy) is 2. The highest BCUT2D eigenvalue weighted by Gasteiger charge is 2.30. The Balaban J connectivity index is 4.69. The summed E-state index contributed by atoms with van der Waals surface area (Å²) in [6.45, 7) is 0. The fraction of sp³-hybridized carbons (Fsp3) is 0.600. The molecule has 0 aromatic rings. The first-order valence-electron chi connectivity index (χ1n) is 4.64. The van der Waals surface area contributed by atoms with Gasteiger partial charge < -0.3 is 19.1 Å². The largest absolute Gasteiger partial charge is 0.469 e. The summed E-state index contributed by atoms with van der Waals surface area (Å²) in [5, 5.41) is 0. The van der Waals surface area contributed by atoms with Gasteiger partial charge in [-0.3, -0.25) is 9.59 Å². The molecule has 0 radical (unpaired) electrons. The van der Waals surface area contributed by atoms with Crippen LogP contribution in [-0.4, -0.2) is 38.7 Å². The molecule has 0 saturated carbocycles. The Bertz CT molecular complexity index is 272. The second kappa shape index (κ2) is 7.56. The lowest BCUT2D eigenvalue weighted by molar-refractivity contribution is -0.152. The van der Waals surface area contributed by atoms with E-state index in [9.17, 15) is 19.2 Å². The summed E-state index contributed by atoms with van der Waals surface area (Å²) in [6.07, 6.45) is 0.568. The summed E-state index contributed by atoms with van der Waals surface area (Å²) in [6, 6.07) is 0. The van der Waals surface area contributed by atoms with Gasteiger partial charge in [0.1, 0.15) is 12.6 Å². The number of esters is 2. The maximum atomic E-state index is 11.3. The maximum Gasteiger partial charge on any atom is 0.309 e. The van der Waals surface area contributed by atoms with E-state index >= 15 is 0 Å². The van der Waals surface area contributed by atoms with Gasteiger partial charge in [-0.15, -0.1) is 0 Å². The molecule has 90 valence electrons. The molecule has 0 aliphatic rings. The first-order chi connectivity index (χ1) is 7.60. The molecule has 0 amide bonds. The topological polar surface area (TPSA) is 86.7 Å². The van der Waals surface area contributed by atoms with Crippen LogP contribution in [0.15, 0.2) is 0 Å². The second-order valence-corrected chi connectivity index (χ2v) is 3.11. The second-order valence-electron chi connectivity index (χ2n) is 3.11. The lowest BCUT2D eigenvalue weighted by Crippen LogP contribution is -2.28. The molecular weight excluding hydrogens is 216 g/mol. The summed E-state index contributed by atoms with van der Waals surface area (Å²) in [5.41, 5.74) is 0. The molecule has 0 aliphatic carbocycles. The number of carbonyl (C=O) groups is 4. The van der Waals surface area contributed by atoms with Crippen molar-refractivity contribution in [2.45, 2.75) is 12.8 Å². The van der Waals surface area contributed by atoms with Crippen molar-refractivity contribution in [3.63, 3.8) is 0 Å². The zero-order chi connectivity index (χ0) is 12.6. The van der Waals surface area contributed by atoms with Crippen molar-refractivity contribution in [3.8, 4) is 0 Å². The van der Waals surface area contributed by atoms with E-state index in [2.05, 4.69) is 9.47 Å². The minimum atomic E-state index is -0.931. The van der Waals surface area contributed by atoms with Crippen LogP contribution in [0.3, 0.4) is 0 Å². The van der Waals surface area contributed by atoms with E-state index in [1.54, 1.807) is 0 Å². The zero-order valence-corrected chi connectivity index (χ0v) is 9.17. The van der Waals surface area contributed by atoms with Crippen molar-refractivity contribution in [1.29, 1.82) is 0 Å². The molecule has 0 N–H and O–H groups in total. The van der Waals surface area contributed by atoms with Crippen LogP contribution in [0.5, 0.6) is 0 Å². The maximum absolute atomic E-state index is 11.3. The Labute approximate surface area is 92.9 Å². The summed E-state index contributed by atoms with van der Waals surface area (Å²) in [4.78, 5) is 43.4. The molecule has 0 rings (SSSR count). The van der Waals surface area contributed by atoms with Crippen LogP contribution in [0.4, 0.5) is 0 Å². The van der Waals surface area contributed by atoms with Gasteiger partial charge in [0.05, 0.1) is 26.6 Å². The van der Waals surface area contributed by atoms with Crippen LogP contribution in [0.2, 0.25) is 0 Å². The summed E-state index contributed by atoms with van der Waals surface area (Å²) in [5.74, 6) is -3.13. The van der Waals surface area contributed by atoms with Gasteiger partial charge in [0, 0.05) is 12.3 Å². The molecular formula is C10H14O6. The van der Waals surface area contributed by atoms with Gasteiger partial charge in [-0.2, -0.15) is 0 Å². The standard InChI is InChI=1S/C10H14O6/c1-15-9(13)5-7(6-12)8(3-4-11)10(14)16-2/h4,6-8H,3,5H2,1-2H3. The SMILES string of the molecule is COC(=O)CC(C=O)C(CC=O)C(=O)OC. The predicted octanol–water partition coefficient (Wildman–Crippen LogP) is -0.257. The first kappa shape index (κ1) is 14.3. The van der Waals surface area contributed by atoms with Crippen molar-refractivity contribution < 1.29 is 28.7 Å². The van der Waals surface area contributed by atoms with Crippen LogP contribution in [0.1, 0.15) is 12.8 Å². The number of carbonyl (C=O) groups excluding carboxylic acids is 4. The molecule has 6 heteroatoms. The van der Waals surface area contributed by atoms with Gasteiger partial charge in [-0.1, -0.05) is 0 Å². The third-order valence-electron chi connectivity index (χ3n) is 2.18. The number of aldehydes is 2. The molecule has 0 bridgehead atoms. The van der Waals surface area contributed by atoms with Crippen LogP contribution in [-0.2, 0) is 28.7 Å². The number of rotatable bonds is 7. The van der Waals surface area contributed by atoms with Gasteiger partial charge in [-0.05, 0) is 0 Å². The molecule has 0 spiro atoms. The monoisotopic (exact) mass is 230 g/mol. The van der Waals surface area contributed by atoms with E-state index in [0.29, 0.717) is 12.6 Å². The van der Waals surface area contributed by atoms with Gasteiger partial charge >= 0.3 is 11.9 Å². The van der Waals surface area contributed by atoms with Crippen LogP contribution >= 0.6 is 0 Å². The number of hydrogen-bond donors (Lipinski definition) is 0. The minimum Gasteiger partial charge on any atom is -0.469 e. The molecule has 0 heterocycles. The van der Waals surface area contributed by atoms with Gasteiger partial charge in [0.2, 0.25) is 0 Å². The third kappa shape index (κ3) is 4.20. The molecule has 0 fully saturated rings. The third-order valence-corrected chi connectivity index (χ3v) is 2.18. The van der Waals surface area contributed by atoms with Crippen molar-refractivity contribution in [3.05, 3.63) is 0 Å². The molecule has 0 aromatic heterocycles. The molecule has 6 nitrogen and oxygen atoms in total. The highest BCUT2D eigenvalue weighted by Crippen LogP contribution is 2.19.